The van der Waals surface area contributed by atoms with Crippen molar-refractivity contribution < 1.29 is 15.3 Å². The highest BCUT2D eigenvalue weighted by molar-refractivity contribution is 5.02. The summed E-state index contributed by atoms with van der Waals surface area (Å²) in [4.78, 5) is 0. The maximum atomic E-state index is 9.71. The maximum Gasteiger partial charge on any atom is 0.0607 e. The third kappa shape index (κ3) is 10.7. The number of rotatable bonds is 3. The Morgan fingerprint density at radius 3 is 1.21 bits per heavy atom. The summed E-state index contributed by atoms with van der Waals surface area (Å²) in [5.74, 6) is 4.07. The minimum absolute atomic E-state index is 0.0289. The van der Waals surface area contributed by atoms with Crippen LogP contribution in [-0.4, -0.2) is 33.6 Å². The standard InChI is InChI=1S/C10H20O.2C10H18O/c3*1-7(2)9-5-4-8(3)6-10(9)11/h7-11H,4-6H2,1-3H3;2*8-11H,1,4-6H2,2-3H3. The molecule has 0 bridgehead atoms. The van der Waals surface area contributed by atoms with Gasteiger partial charge in [-0.3, -0.25) is 0 Å². The molecule has 0 radical (unpaired) electrons. The van der Waals surface area contributed by atoms with Crippen LogP contribution in [0.25, 0.3) is 0 Å². The molecule has 3 heteroatoms. The molecule has 3 rings (SSSR count). The molecule has 3 fully saturated rings. The van der Waals surface area contributed by atoms with Crippen LogP contribution >= 0.6 is 0 Å². The summed E-state index contributed by atoms with van der Waals surface area (Å²) in [5, 5.41) is 29.0. The normalized spacial score (nSPS) is 38.9. The Labute approximate surface area is 205 Å². The van der Waals surface area contributed by atoms with Crippen LogP contribution in [0.15, 0.2) is 24.3 Å². The minimum Gasteiger partial charge on any atom is -0.393 e. The van der Waals surface area contributed by atoms with Gasteiger partial charge in [0.2, 0.25) is 0 Å². The van der Waals surface area contributed by atoms with E-state index in [1.807, 2.05) is 13.8 Å². The van der Waals surface area contributed by atoms with E-state index in [-0.39, 0.29) is 18.3 Å². The van der Waals surface area contributed by atoms with Crippen molar-refractivity contribution in [3.8, 4) is 0 Å². The van der Waals surface area contributed by atoms with Gasteiger partial charge in [0.15, 0.2) is 0 Å². The Morgan fingerprint density at radius 1 is 0.606 bits per heavy atom. The summed E-state index contributed by atoms with van der Waals surface area (Å²) in [6.45, 7) is 22.9. The average molecular weight is 465 g/mol. The third-order valence-electron chi connectivity index (χ3n) is 8.41. The minimum atomic E-state index is -0.128. The summed E-state index contributed by atoms with van der Waals surface area (Å²) >= 11 is 0. The van der Waals surface area contributed by atoms with E-state index in [4.69, 9.17) is 0 Å². The molecule has 3 aliphatic rings. The largest absolute Gasteiger partial charge is 0.393 e. The molecule has 3 nitrogen and oxygen atoms in total. The number of hydrogen-bond acceptors (Lipinski definition) is 3. The van der Waals surface area contributed by atoms with Crippen LogP contribution < -0.4 is 0 Å². The van der Waals surface area contributed by atoms with Crippen molar-refractivity contribution in [2.24, 2.45) is 41.4 Å². The number of aliphatic hydroxyl groups is 3. The molecule has 0 aromatic carbocycles. The monoisotopic (exact) mass is 464 g/mol. The van der Waals surface area contributed by atoms with E-state index in [9.17, 15) is 15.3 Å². The van der Waals surface area contributed by atoms with Crippen LogP contribution in [0.4, 0.5) is 0 Å². The topological polar surface area (TPSA) is 60.7 Å². The van der Waals surface area contributed by atoms with Crippen molar-refractivity contribution in [1.82, 2.24) is 0 Å². The molecule has 3 saturated carbocycles. The molecule has 0 amide bonds. The van der Waals surface area contributed by atoms with Gasteiger partial charge in [-0.05, 0) is 94.8 Å². The predicted octanol–water partition coefficient (Wildman–Crippen LogP) is 7.16. The van der Waals surface area contributed by atoms with Crippen LogP contribution in [-0.2, 0) is 0 Å². The Bertz CT molecular complexity index is 547. The van der Waals surface area contributed by atoms with Gasteiger partial charge in [-0.15, -0.1) is 0 Å². The lowest BCUT2D eigenvalue weighted by Gasteiger charge is -2.33. The molecular formula is C30H56O3. The molecule has 9 atom stereocenters. The van der Waals surface area contributed by atoms with E-state index >= 15 is 0 Å². The van der Waals surface area contributed by atoms with Crippen LogP contribution in [0, 0.1) is 41.4 Å². The molecular weight excluding hydrogens is 408 g/mol. The van der Waals surface area contributed by atoms with Gasteiger partial charge in [-0.1, -0.05) is 65.3 Å². The summed E-state index contributed by atoms with van der Waals surface area (Å²) in [6.07, 6.45) is 9.90. The van der Waals surface area contributed by atoms with E-state index < -0.39 is 0 Å². The molecule has 0 aromatic rings. The fourth-order valence-electron chi connectivity index (χ4n) is 6.00. The zero-order chi connectivity index (χ0) is 25.3. The van der Waals surface area contributed by atoms with E-state index in [1.165, 1.54) is 25.7 Å². The van der Waals surface area contributed by atoms with Crippen LogP contribution in [0.1, 0.15) is 106 Å². The Balaban J connectivity index is 0.000000247. The van der Waals surface area contributed by atoms with Crippen LogP contribution in [0.3, 0.4) is 0 Å². The summed E-state index contributed by atoms with van der Waals surface area (Å²) in [6, 6.07) is 0. The van der Waals surface area contributed by atoms with Gasteiger partial charge < -0.3 is 15.3 Å². The fraction of sp³-hybridized carbons (Fsp3) is 0.867. The first-order chi connectivity index (χ1) is 15.3. The van der Waals surface area contributed by atoms with Crippen molar-refractivity contribution in [2.75, 3.05) is 0 Å². The van der Waals surface area contributed by atoms with Gasteiger partial charge in [0.25, 0.3) is 0 Å². The van der Waals surface area contributed by atoms with Crippen molar-refractivity contribution in [2.45, 2.75) is 125 Å². The van der Waals surface area contributed by atoms with Gasteiger partial charge in [-0.25, -0.2) is 0 Å². The lowest BCUT2D eigenvalue weighted by Crippen LogP contribution is -2.31. The quantitative estimate of drug-likeness (QED) is 0.388. The zero-order valence-corrected chi connectivity index (χ0v) is 22.9. The van der Waals surface area contributed by atoms with Crippen molar-refractivity contribution in [1.29, 1.82) is 0 Å². The second kappa shape index (κ2) is 14.7. The SMILES string of the molecule is C=C(C)C1CCC(C)CC1O.C=C(C)C1CCC(C)CC1O.CC1CCC(C(C)C)C(O)C1. The van der Waals surface area contributed by atoms with E-state index in [0.717, 1.165) is 49.2 Å². The molecule has 3 N–H and O–H groups in total. The van der Waals surface area contributed by atoms with Gasteiger partial charge in [0.1, 0.15) is 0 Å². The first-order valence-electron chi connectivity index (χ1n) is 13.7. The molecule has 194 valence electrons. The van der Waals surface area contributed by atoms with E-state index in [1.54, 1.807) is 0 Å². The zero-order valence-electron chi connectivity index (χ0n) is 22.9. The highest BCUT2D eigenvalue weighted by atomic mass is 16.3. The molecule has 0 spiro atoms. The Hall–Kier alpha value is -0.640. The molecule has 0 heterocycles. The fourth-order valence-corrected chi connectivity index (χ4v) is 6.00. The number of hydrogen-bond donors (Lipinski definition) is 3. The highest BCUT2D eigenvalue weighted by Crippen LogP contribution is 2.34. The molecule has 0 saturated heterocycles. The number of aliphatic hydroxyl groups excluding tert-OH is 3. The molecule has 33 heavy (non-hydrogen) atoms. The van der Waals surface area contributed by atoms with Gasteiger partial charge >= 0.3 is 0 Å². The molecule has 9 unspecified atom stereocenters. The first kappa shape index (κ1) is 30.4. The van der Waals surface area contributed by atoms with Gasteiger partial charge in [0.05, 0.1) is 18.3 Å². The molecule has 0 aliphatic heterocycles. The van der Waals surface area contributed by atoms with Gasteiger partial charge in [0, 0.05) is 11.8 Å². The maximum absolute atomic E-state index is 9.71. The summed E-state index contributed by atoms with van der Waals surface area (Å²) in [7, 11) is 0. The predicted molar refractivity (Wildman–Crippen MR) is 142 cm³/mol. The second-order valence-electron chi connectivity index (χ2n) is 12.3. The van der Waals surface area contributed by atoms with Crippen molar-refractivity contribution in [3.63, 3.8) is 0 Å². The molecule has 3 aliphatic carbocycles. The lowest BCUT2D eigenvalue weighted by atomic mass is 9.75. The van der Waals surface area contributed by atoms with Crippen LogP contribution in [0.2, 0.25) is 0 Å². The van der Waals surface area contributed by atoms with Gasteiger partial charge in [-0.2, -0.15) is 0 Å². The Morgan fingerprint density at radius 2 is 0.939 bits per heavy atom. The smallest absolute Gasteiger partial charge is 0.0607 e. The average Bonchev–Trinajstić information content (AvgIpc) is 2.68. The second-order valence-corrected chi connectivity index (χ2v) is 12.3. The lowest BCUT2D eigenvalue weighted by molar-refractivity contribution is 0.0266. The summed E-state index contributed by atoms with van der Waals surface area (Å²) in [5.41, 5.74) is 2.29. The Kier molecular flexibility index (Phi) is 13.5. The van der Waals surface area contributed by atoms with E-state index in [0.29, 0.717) is 35.5 Å². The summed E-state index contributed by atoms with van der Waals surface area (Å²) < 4.78 is 0. The van der Waals surface area contributed by atoms with Crippen molar-refractivity contribution >= 4 is 0 Å². The highest BCUT2D eigenvalue weighted by Gasteiger charge is 2.29. The van der Waals surface area contributed by atoms with Crippen LogP contribution in [0.5, 0.6) is 0 Å². The third-order valence-corrected chi connectivity index (χ3v) is 8.41. The first-order valence-corrected chi connectivity index (χ1v) is 13.7. The van der Waals surface area contributed by atoms with E-state index in [2.05, 4.69) is 47.8 Å². The van der Waals surface area contributed by atoms with Crippen molar-refractivity contribution in [3.05, 3.63) is 24.3 Å². The molecule has 0 aromatic heterocycles.